The number of imidazole rings is 1. The molecule has 3 aromatic rings. The molecule has 3 rings (SSSR count). The second-order valence-electron chi connectivity index (χ2n) is 6.87. The lowest BCUT2D eigenvalue weighted by Crippen LogP contribution is -2.41. The van der Waals surface area contributed by atoms with Crippen LogP contribution in [0.25, 0.3) is 0 Å². The lowest BCUT2D eigenvalue weighted by Gasteiger charge is -2.13. The molecule has 0 saturated heterocycles. The van der Waals surface area contributed by atoms with Crippen molar-refractivity contribution >= 4 is 30.7 Å². The number of rotatable bonds is 8. The molecule has 0 fully saturated rings. The van der Waals surface area contributed by atoms with E-state index in [0.29, 0.717) is 13.0 Å². The minimum absolute atomic E-state index is 0. The number of benzene rings is 2. The summed E-state index contributed by atoms with van der Waals surface area (Å²) in [7, 11) is 1.62. The molecule has 0 radical (unpaired) electrons. The predicted octanol–water partition coefficient (Wildman–Crippen LogP) is 3.28. The second kappa shape index (κ2) is 12.2. The summed E-state index contributed by atoms with van der Waals surface area (Å²) < 4.78 is 7.36. The van der Waals surface area contributed by atoms with Crippen molar-refractivity contribution in [2.24, 2.45) is 5.73 Å². The van der Waals surface area contributed by atoms with Crippen LogP contribution < -0.4 is 15.8 Å². The van der Waals surface area contributed by atoms with E-state index in [2.05, 4.69) is 22.4 Å². The Morgan fingerprint density at radius 1 is 1.20 bits per heavy atom. The van der Waals surface area contributed by atoms with Crippen molar-refractivity contribution in [1.29, 1.82) is 0 Å². The maximum atomic E-state index is 12.4. The standard InChI is InChI=1S/C22H26N4O2.2ClH/c1-16-8-9-18(21(10-16)28-2)12-24-22(27)20(23)11-19-14-26(15-25-19)13-17-6-4-3-5-7-17;;/h3-10,14-15,20H,11-13,23H2,1-2H3,(H,24,27);2*1H/t20-;;/m0../s1. The molecule has 30 heavy (non-hydrogen) atoms. The summed E-state index contributed by atoms with van der Waals surface area (Å²) in [4.78, 5) is 16.7. The fraction of sp³-hybridized carbons (Fsp3) is 0.273. The van der Waals surface area contributed by atoms with Crippen molar-refractivity contribution in [3.63, 3.8) is 0 Å². The molecule has 0 saturated carbocycles. The van der Waals surface area contributed by atoms with Gasteiger partial charge in [-0.05, 0) is 24.1 Å². The Morgan fingerprint density at radius 3 is 2.63 bits per heavy atom. The molecule has 2 aromatic carbocycles. The third-order valence-corrected chi connectivity index (χ3v) is 4.56. The number of carbonyl (C=O) groups excluding carboxylic acids is 1. The van der Waals surface area contributed by atoms with E-state index >= 15 is 0 Å². The van der Waals surface area contributed by atoms with Gasteiger partial charge in [-0.2, -0.15) is 0 Å². The number of methoxy groups -OCH3 is 1. The number of hydrogen-bond donors (Lipinski definition) is 2. The highest BCUT2D eigenvalue weighted by molar-refractivity contribution is 5.85. The van der Waals surface area contributed by atoms with Gasteiger partial charge in [-0.25, -0.2) is 4.98 Å². The zero-order valence-electron chi connectivity index (χ0n) is 17.1. The molecule has 3 N–H and O–H groups in total. The number of amides is 1. The highest BCUT2D eigenvalue weighted by atomic mass is 35.5. The van der Waals surface area contributed by atoms with Crippen LogP contribution in [0.4, 0.5) is 0 Å². The van der Waals surface area contributed by atoms with Crippen LogP contribution in [-0.4, -0.2) is 28.6 Å². The van der Waals surface area contributed by atoms with Gasteiger partial charge in [-0.1, -0.05) is 42.5 Å². The summed E-state index contributed by atoms with van der Waals surface area (Å²) in [5, 5.41) is 2.88. The average Bonchev–Trinajstić information content (AvgIpc) is 3.14. The Kier molecular flexibility index (Phi) is 10.4. The quantitative estimate of drug-likeness (QED) is 0.551. The number of nitrogens with two attached hydrogens (primary N) is 1. The number of hydrogen-bond acceptors (Lipinski definition) is 4. The van der Waals surface area contributed by atoms with Crippen LogP contribution in [0.5, 0.6) is 5.75 Å². The molecule has 1 atom stereocenters. The number of nitrogens with one attached hydrogen (secondary N) is 1. The number of halogens is 2. The van der Waals surface area contributed by atoms with E-state index in [1.165, 1.54) is 5.56 Å². The molecular weight excluding hydrogens is 423 g/mol. The smallest absolute Gasteiger partial charge is 0.237 e. The van der Waals surface area contributed by atoms with E-state index in [9.17, 15) is 4.79 Å². The second-order valence-corrected chi connectivity index (χ2v) is 6.87. The largest absolute Gasteiger partial charge is 0.496 e. The Morgan fingerprint density at radius 2 is 1.93 bits per heavy atom. The summed E-state index contributed by atoms with van der Waals surface area (Å²) in [6, 6.07) is 15.4. The maximum Gasteiger partial charge on any atom is 0.237 e. The summed E-state index contributed by atoms with van der Waals surface area (Å²) in [5.41, 5.74) is 10.1. The van der Waals surface area contributed by atoms with Gasteiger partial charge < -0.3 is 20.4 Å². The highest BCUT2D eigenvalue weighted by Gasteiger charge is 2.16. The molecule has 0 aliphatic heterocycles. The molecule has 6 nitrogen and oxygen atoms in total. The van der Waals surface area contributed by atoms with Crippen LogP contribution in [0.3, 0.4) is 0 Å². The lowest BCUT2D eigenvalue weighted by molar-refractivity contribution is -0.122. The van der Waals surface area contributed by atoms with Crippen LogP contribution in [0.2, 0.25) is 0 Å². The summed E-state index contributed by atoms with van der Waals surface area (Å²) in [5.74, 6) is 0.550. The van der Waals surface area contributed by atoms with E-state index in [4.69, 9.17) is 10.5 Å². The third kappa shape index (κ3) is 7.06. The molecule has 1 heterocycles. The minimum Gasteiger partial charge on any atom is -0.496 e. The van der Waals surface area contributed by atoms with E-state index < -0.39 is 6.04 Å². The van der Waals surface area contributed by atoms with Crippen LogP contribution in [0.1, 0.15) is 22.4 Å². The fourth-order valence-corrected chi connectivity index (χ4v) is 3.02. The first kappa shape index (κ1) is 25.5. The van der Waals surface area contributed by atoms with Crippen molar-refractivity contribution in [2.75, 3.05) is 7.11 Å². The number of aryl methyl sites for hydroxylation is 1. The summed E-state index contributed by atoms with van der Waals surface area (Å²) in [6.45, 7) is 3.11. The molecule has 1 amide bonds. The molecule has 0 unspecified atom stereocenters. The van der Waals surface area contributed by atoms with Gasteiger partial charge in [0.2, 0.25) is 5.91 Å². The summed E-state index contributed by atoms with van der Waals surface area (Å²) in [6.07, 6.45) is 4.09. The number of aromatic nitrogens is 2. The SMILES string of the molecule is COc1cc(C)ccc1CNC(=O)[C@@H](N)Cc1cn(Cc2ccccc2)cn1.Cl.Cl. The van der Waals surface area contributed by atoms with Crippen LogP contribution in [-0.2, 0) is 24.3 Å². The number of nitrogens with zero attached hydrogens (tertiary/aromatic N) is 2. The van der Waals surface area contributed by atoms with Crippen molar-refractivity contribution < 1.29 is 9.53 Å². The van der Waals surface area contributed by atoms with Gasteiger partial charge in [-0.3, -0.25) is 4.79 Å². The first-order valence-electron chi connectivity index (χ1n) is 9.26. The minimum atomic E-state index is -0.656. The fourth-order valence-electron chi connectivity index (χ4n) is 3.02. The van der Waals surface area contributed by atoms with E-state index in [1.54, 1.807) is 13.4 Å². The maximum absolute atomic E-state index is 12.4. The molecule has 0 aliphatic carbocycles. The van der Waals surface area contributed by atoms with Gasteiger partial charge in [-0.15, -0.1) is 24.8 Å². The highest BCUT2D eigenvalue weighted by Crippen LogP contribution is 2.19. The monoisotopic (exact) mass is 450 g/mol. The lowest BCUT2D eigenvalue weighted by atomic mass is 10.1. The zero-order chi connectivity index (χ0) is 19.9. The Hall–Kier alpha value is -2.54. The molecule has 8 heteroatoms. The third-order valence-electron chi connectivity index (χ3n) is 4.56. The van der Waals surface area contributed by atoms with Gasteiger partial charge in [0.05, 0.1) is 25.2 Å². The topological polar surface area (TPSA) is 82.2 Å². The van der Waals surface area contributed by atoms with Crippen molar-refractivity contribution in [3.05, 3.63) is 83.4 Å². The van der Waals surface area contributed by atoms with E-state index in [1.807, 2.05) is 54.1 Å². The zero-order valence-corrected chi connectivity index (χ0v) is 18.7. The van der Waals surface area contributed by atoms with Crippen LogP contribution in [0.15, 0.2) is 61.1 Å². The summed E-state index contributed by atoms with van der Waals surface area (Å²) >= 11 is 0. The van der Waals surface area contributed by atoms with Crippen molar-refractivity contribution in [2.45, 2.75) is 32.5 Å². The van der Waals surface area contributed by atoms with E-state index in [-0.39, 0.29) is 30.7 Å². The van der Waals surface area contributed by atoms with E-state index in [0.717, 1.165) is 29.1 Å². The first-order valence-corrected chi connectivity index (χ1v) is 9.26. The first-order chi connectivity index (χ1) is 13.5. The van der Waals surface area contributed by atoms with Gasteiger partial charge in [0, 0.05) is 31.3 Å². The van der Waals surface area contributed by atoms with Gasteiger partial charge in [0.1, 0.15) is 5.75 Å². The predicted molar refractivity (Wildman–Crippen MR) is 124 cm³/mol. The molecule has 162 valence electrons. The Bertz CT molecular complexity index is 932. The Labute approximate surface area is 189 Å². The average molecular weight is 451 g/mol. The van der Waals surface area contributed by atoms with Crippen molar-refractivity contribution in [3.8, 4) is 5.75 Å². The molecular formula is C22H28Cl2N4O2. The van der Waals surface area contributed by atoms with Gasteiger partial charge in [0.25, 0.3) is 0 Å². The molecule has 0 bridgehead atoms. The number of ether oxygens (including phenoxy) is 1. The van der Waals surface area contributed by atoms with Crippen molar-refractivity contribution in [1.82, 2.24) is 14.9 Å². The molecule has 1 aromatic heterocycles. The van der Waals surface area contributed by atoms with Gasteiger partial charge in [0.15, 0.2) is 0 Å². The number of carbonyl (C=O) groups is 1. The molecule has 0 aliphatic rings. The molecule has 0 spiro atoms. The Balaban J connectivity index is 0.00000225. The van der Waals surface area contributed by atoms with Gasteiger partial charge >= 0.3 is 0 Å². The normalized spacial score (nSPS) is 11.0. The van der Waals surface area contributed by atoms with Crippen LogP contribution in [0, 0.1) is 6.92 Å². The van der Waals surface area contributed by atoms with Crippen LogP contribution >= 0.6 is 24.8 Å².